The van der Waals surface area contributed by atoms with Gasteiger partial charge in [0, 0.05) is 0 Å². The van der Waals surface area contributed by atoms with E-state index in [9.17, 15) is 0 Å². The van der Waals surface area contributed by atoms with E-state index in [4.69, 9.17) is 0 Å². The minimum absolute atomic E-state index is 0.196. The molecule has 0 fully saturated rings. The first-order chi connectivity index (χ1) is 29.8. The van der Waals surface area contributed by atoms with Crippen LogP contribution in [0.3, 0.4) is 0 Å². The van der Waals surface area contributed by atoms with Crippen LogP contribution in [0.1, 0.15) is 0 Å². The summed E-state index contributed by atoms with van der Waals surface area (Å²) in [5, 5.41) is 15.7. The molecule has 2 heterocycles. The van der Waals surface area contributed by atoms with Crippen molar-refractivity contribution in [2.75, 3.05) is 0 Å². The first-order valence-corrected chi connectivity index (χ1v) is 23.1. The van der Waals surface area contributed by atoms with Gasteiger partial charge in [-0.3, -0.25) is 0 Å². The second-order valence-electron chi connectivity index (χ2n) is 15.8. The topological polar surface area (TPSA) is 0 Å². The van der Waals surface area contributed by atoms with Gasteiger partial charge in [0.2, 0.25) is 0 Å². The predicted octanol–water partition coefficient (Wildman–Crippen LogP) is 16.7. The van der Waals surface area contributed by atoms with Crippen LogP contribution in [0.25, 0.3) is 127 Å². The molecule has 0 aliphatic rings. The van der Waals surface area contributed by atoms with Crippen LogP contribution in [0.5, 0.6) is 0 Å². The van der Waals surface area contributed by atoms with Crippen LogP contribution in [0.15, 0.2) is 206 Å². The van der Waals surface area contributed by atoms with Crippen molar-refractivity contribution in [2.24, 2.45) is 0 Å². The molecule has 0 saturated heterocycles. The van der Waals surface area contributed by atoms with E-state index in [2.05, 4.69) is 206 Å². The van der Waals surface area contributed by atoms with Crippen molar-refractivity contribution in [1.29, 1.82) is 0 Å². The van der Waals surface area contributed by atoms with Crippen molar-refractivity contribution < 1.29 is 0 Å². The van der Waals surface area contributed by atoms with Crippen LogP contribution in [0.4, 0.5) is 0 Å². The van der Waals surface area contributed by atoms with Crippen molar-refractivity contribution in [3.05, 3.63) is 206 Å². The molecule has 0 saturated carbocycles. The Morgan fingerprint density at radius 2 is 0.717 bits per heavy atom. The fraction of sp³-hybridized carbons (Fsp3) is 0. The van der Waals surface area contributed by atoms with Gasteiger partial charge in [-0.1, -0.05) is 6.07 Å². The molecule has 2 heteroatoms. The molecule has 60 heavy (non-hydrogen) atoms. The van der Waals surface area contributed by atoms with Crippen molar-refractivity contribution in [2.45, 2.75) is 0 Å². The molecule has 0 aliphatic heterocycles. The monoisotopic (exact) mass is 842 g/mol. The first-order valence-electron chi connectivity index (χ1n) is 20.6. The van der Waals surface area contributed by atoms with Gasteiger partial charge in [0.15, 0.2) is 0 Å². The van der Waals surface area contributed by atoms with Crippen LogP contribution in [-0.4, -0.2) is 14.5 Å². The van der Waals surface area contributed by atoms with Gasteiger partial charge < -0.3 is 0 Å². The van der Waals surface area contributed by atoms with E-state index < -0.39 is 0 Å². The van der Waals surface area contributed by atoms with E-state index in [1.807, 2.05) is 11.3 Å². The summed E-state index contributed by atoms with van der Waals surface area (Å²) in [4.78, 5) is 0. The number of benzene rings is 11. The zero-order valence-electron chi connectivity index (χ0n) is 32.4. The zero-order chi connectivity index (χ0) is 39.3. The van der Waals surface area contributed by atoms with Crippen LogP contribution >= 0.6 is 11.3 Å². The van der Waals surface area contributed by atoms with E-state index in [1.165, 1.54) is 127 Å². The Morgan fingerprint density at radius 1 is 0.267 bits per heavy atom. The molecule has 0 N–H and O–H groups in total. The molecule has 0 amide bonds. The summed E-state index contributed by atoms with van der Waals surface area (Å²) in [5.41, 5.74) is 10.4. The number of hydrogen-bond acceptors (Lipinski definition) is 1. The van der Waals surface area contributed by atoms with Gasteiger partial charge in [0.25, 0.3) is 0 Å². The Kier molecular flexibility index (Phi) is 7.59. The summed E-state index contributed by atoms with van der Waals surface area (Å²) >= 11 is 2.09. The van der Waals surface area contributed by atoms with E-state index >= 15 is 0 Å². The summed E-state index contributed by atoms with van der Waals surface area (Å²) < 4.78 is 5.56. The molecule has 0 aliphatic carbocycles. The van der Waals surface area contributed by atoms with Crippen LogP contribution in [0.2, 0.25) is 0 Å². The third-order valence-corrected chi connectivity index (χ3v) is 16.2. The van der Waals surface area contributed by atoms with E-state index in [1.54, 1.807) is 0 Å². The summed E-state index contributed by atoms with van der Waals surface area (Å²) in [6, 6.07) is 77.3. The Morgan fingerprint density at radius 3 is 1.30 bits per heavy atom. The molecular formula is C58H34SSe. The normalized spacial score (nSPS) is 12.0. The molecule has 0 nitrogen and oxygen atoms in total. The van der Waals surface area contributed by atoms with E-state index in [-0.39, 0.29) is 14.5 Å². The molecule has 0 atom stereocenters. The Hall–Kier alpha value is -6.80. The quantitative estimate of drug-likeness (QED) is 0.122. The van der Waals surface area contributed by atoms with Gasteiger partial charge in [-0.15, -0.1) is 0 Å². The number of fused-ring (bicyclic) bond motifs is 10. The Labute approximate surface area is 357 Å². The summed E-state index contributed by atoms with van der Waals surface area (Å²) in [6.45, 7) is 0. The summed E-state index contributed by atoms with van der Waals surface area (Å²) in [5.74, 6) is 0. The van der Waals surface area contributed by atoms with E-state index in [0.717, 1.165) is 0 Å². The Balaban J connectivity index is 1.11. The molecule has 0 radical (unpaired) electrons. The molecule has 0 unspecified atom stereocenters. The van der Waals surface area contributed by atoms with Gasteiger partial charge in [-0.25, -0.2) is 0 Å². The van der Waals surface area contributed by atoms with Crippen molar-refractivity contribution in [1.82, 2.24) is 0 Å². The molecule has 11 aromatic carbocycles. The summed E-state index contributed by atoms with van der Waals surface area (Å²) in [7, 11) is 0. The van der Waals surface area contributed by atoms with Crippen molar-refractivity contribution >= 4 is 108 Å². The molecular weight excluding hydrogens is 808 g/mol. The minimum atomic E-state index is 0.196. The molecule has 2 aromatic heterocycles. The van der Waals surface area contributed by atoms with Gasteiger partial charge >= 0.3 is 353 Å². The predicted molar refractivity (Wildman–Crippen MR) is 263 cm³/mol. The van der Waals surface area contributed by atoms with E-state index in [0.29, 0.717) is 0 Å². The van der Waals surface area contributed by atoms with Crippen LogP contribution in [0, 0.1) is 0 Å². The molecule has 0 spiro atoms. The average molecular weight is 842 g/mol. The molecule has 13 aromatic rings. The van der Waals surface area contributed by atoms with Gasteiger partial charge in [-0.2, -0.15) is 0 Å². The fourth-order valence-electron chi connectivity index (χ4n) is 10.2. The van der Waals surface area contributed by atoms with Crippen LogP contribution < -0.4 is 0 Å². The fourth-order valence-corrected chi connectivity index (χ4v) is 13.7. The second kappa shape index (κ2) is 13.4. The van der Waals surface area contributed by atoms with Gasteiger partial charge in [-0.05, 0) is 0 Å². The zero-order valence-corrected chi connectivity index (χ0v) is 35.0. The number of thiophene rings is 1. The van der Waals surface area contributed by atoms with Crippen molar-refractivity contribution in [3.8, 4) is 44.5 Å². The maximum absolute atomic E-state index is 2.52. The third kappa shape index (κ3) is 4.97. The van der Waals surface area contributed by atoms with Gasteiger partial charge in [0.05, 0.1) is 0 Å². The standard InChI is InChI=1S/C58H34SSe/c1-2-16-35(17-3-1)53-37-18-4-6-20-39(37)54(40-21-7-5-19-38(40)53)36-32-33-51-48(34-36)58-47(28-15-31-52(58)60-51)56-43-24-10-8-22-41(43)55(42-23-9-11-25-44(42)56)46-27-14-30-50-57(46)45-26-12-13-29-49(45)59-50/h1-34H. The third-order valence-electron chi connectivity index (χ3n) is 12.7. The van der Waals surface area contributed by atoms with Gasteiger partial charge in [0.1, 0.15) is 0 Å². The molecule has 0 bridgehead atoms. The second-order valence-corrected chi connectivity index (χ2v) is 19.2. The SMILES string of the molecule is c1ccc(-c2c3ccccc3c(-c3ccc4[se]c5cccc(-c6c7ccccc7c(-c7cccc8sc9ccccc9c78)c7ccccc67)c5c4c3)c3ccccc23)cc1. The summed E-state index contributed by atoms with van der Waals surface area (Å²) in [6.07, 6.45) is 0. The Bertz CT molecular complexity index is 3770. The molecule has 13 rings (SSSR count). The average Bonchev–Trinajstić information content (AvgIpc) is 3.89. The number of rotatable bonds is 4. The first kappa shape index (κ1) is 34.1. The maximum atomic E-state index is 2.52. The molecule has 278 valence electrons. The van der Waals surface area contributed by atoms with Crippen molar-refractivity contribution in [3.63, 3.8) is 0 Å². The number of hydrogen-bond donors (Lipinski definition) is 0. The van der Waals surface area contributed by atoms with Crippen LogP contribution in [-0.2, 0) is 0 Å².